The van der Waals surface area contributed by atoms with E-state index in [0.29, 0.717) is 5.78 Å². The Balaban J connectivity index is 2.17. The molecule has 3 nitrogen and oxygen atoms in total. The first-order valence-corrected chi connectivity index (χ1v) is 8.06. The number of Topliss-reactive ketones (excluding diaryl/α,β-unsaturated/α-hetero) is 1. The van der Waals surface area contributed by atoms with Crippen LogP contribution >= 0.6 is 0 Å². The number of piperidine rings is 1. The van der Waals surface area contributed by atoms with Gasteiger partial charge < -0.3 is 4.74 Å². The van der Waals surface area contributed by atoms with Crippen molar-refractivity contribution in [2.45, 2.75) is 84.0 Å². The number of ether oxygens (including phenoxy) is 1. The summed E-state index contributed by atoms with van der Waals surface area (Å²) in [6.07, 6.45) is 4.56. The molecular formula is C17H31NO2. The van der Waals surface area contributed by atoms with E-state index in [-0.39, 0.29) is 22.7 Å². The van der Waals surface area contributed by atoms with E-state index in [1.54, 1.807) is 0 Å². The fourth-order valence-electron chi connectivity index (χ4n) is 4.01. The van der Waals surface area contributed by atoms with Gasteiger partial charge >= 0.3 is 0 Å². The van der Waals surface area contributed by atoms with E-state index in [1.807, 2.05) is 0 Å². The number of hydrogen-bond donors (Lipinski definition) is 0. The van der Waals surface area contributed by atoms with Gasteiger partial charge in [-0.3, -0.25) is 9.69 Å². The minimum atomic E-state index is -0.369. The number of nitrogens with zero attached hydrogens (tertiary/aromatic N) is 1. The van der Waals surface area contributed by atoms with Gasteiger partial charge in [0.15, 0.2) is 5.78 Å². The summed E-state index contributed by atoms with van der Waals surface area (Å²) in [5.41, 5.74) is -0.915. The van der Waals surface area contributed by atoms with Crippen LogP contribution in [0.5, 0.6) is 0 Å². The molecule has 2 aliphatic heterocycles. The molecule has 2 rings (SSSR count). The zero-order valence-corrected chi connectivity index (χ0v) is 14.1. The molecule has 0 saturated carbocycles. The summed E-state index contributed by atoms with van der Waals surface area (Å²) in [6, 6.07) is 0. The van der Waals surface area contributed by atoms with E-state index in [4.69, 9.17) is 4.74 Å². The van der Waals surface area contributed by atoms with Gasteiger partial charge in [0, 0.05) is 0 Å². The predicted octanol–water partition coefficient (Wildman–Crippen LogP) is 3.41. The third-order valence-electron chi connectivity index (χ3n) is 5.14. The smallest absolute Gasteiger partial charge is 0.158 e. The standard InChI is InChI=1S/C17H31NO2/c1-15(2)12-13(17(5,6)20-15)14(19)16(3,4)18-10-8-7-9-11-18/h13H,7-12H2,1-6H3. The number of carbonyl (C=O) groups is 1. The molecule has 2 aliphatic rings. The number of rotatable bonds is 3. The highest BCUT2D eigenvalue weighted by Gasteiger charge is 2.53. The summed E-state index contributed by atoms with van der Waals surface area (Å²) in [5.74, 6) is 0.351. The zero-order chi connectivity index (χ0) is 15.2. The highest BCUT2D eigenvalue weighted by atomic mass is 16.5. The summed E-state index contributed by atoms with van der Waals surface area (Å²) in [4.78, 5) is 15.5. The van der Waals surface area contributed by atoms with Crippen molar-refractivity contribution in [3.63, 3.8) is 0 Å². The largest absolute Gasteiger partial charge is 0.369 e. The first-order valence-electron chi connectivity index (χ1n) is 8.06. The molecule has 1 unspecified atom stereocenters. The van der Waals surface area contributed by atoms with Crippen molar-refractivity contribution < 1.29 is 9.53 Å². The molecule has 3 heteroatoms. The average Bonchev–Trinajstić information content (AvgIpc) is 2.57. The second-order valence-electron chi connectivity index (χ2n) is 8.19. The Morgan fingerprint density at radius 1 is 1.10 bits per heavy atom. The molecule has 0 N–H and O–H groups in total. The minimum Gasteiger partial charge on any atom is -0.369 e. The monoisotopic (exact) mass is 281 g/mol. The van der Waals surface area contributed by atoms with E-state index < -0.39 is 0 Å². The highest BCUT2D eigenvalue weighted by Crippen LogP contribution is 2.44. The molecular weight excluding hydrogens is 250 g/mol. The number of ketones is 1. The van der Waals surface area contributed by atoms with Gasteiger partial charge in [-0.15, -0.1) is 0 Å². The second kappa shape index (κ2) is 5.10. The maximum Gasteiger partial charge on any atom is 0.158 e. The van der Waals surface area contributed by atoms with Gasteiger partial charge in [0.2, 0.25) is 0 Å². The lowest BCUT2D eigenvalue weighted by atomic mass is 9.76. The van der Waals surface area contributed by atoms with Crippen LogP contribution in [0.2, 0.25) is 0 Å². The summed E-state index contributed by atoms with van der Waals surface area (Å²) >= 11 is 0. The SMILES string of the molecule is CC1(C)CC(C(=O)C(C)(C)N2CCCCC2)C(C)(C)O1. The van der Waals surface area contributed by atoms with Crippen molar-refractivity contribution in [1.29, 1.82) is 0 Å². The van der Waals surface area contributed by atoms with Crippen LogP contribution in [0.3, 0.4) is 0 Å². The normalized spacial score (nSPS) is 30.4. The molecule has 2 heterocycles. The molecule has 0 aliphatic carbocycles. The Labute approximate surface area is 124 Å². The molecule has 0 radical (unpaired) electrons. The minimum absolute atomic E-state index is 0.00516. The average molecular weight is 281 g/mol. The summed E-state index contributed by atoms with van der Waals surface area (Å²) in [5, 5.41) is 0. The first-order chi connectivity index (χ1) is 9.06. The molecule has 0 aromatic carbocycles. The van der Waals surface area contributed by atoms with Crippen molar-refractivity contribution in [1.82, 2.24) is 4.90 Å². The van der Waals surface area contributed by atoms with Crippen LogP contribution in [0, 0.1) is 5.92 Å². The van der Waals surface area contributed by atoms with Crippen molar-refractivity contribution >= 4 is 5.78 Å². The van der Waals surface area contributed by atoms with Crippen molar-refractivity contribution in [2.75, 3.05) is 13.1 Å². The Morgan fingerprint density at radius 3 is 2.10 bits per heavy atom. The highest BCUT2D eigenvalue weighted by molar-refractivity contribution is 5.91. The van der Waals surface area contributed by atoms with E-state index in [1.165, 1.54) is 19.3 Å². The molecule has 0 spiro atoms. The fraction of sp³-hybridized carbons (Fsp3) is 0.941. The molecule has 0 aromatic heterocycles. The van der Waals surface area contributed by atoms with Gasteiger partial charge in [-0.25, -0.2) is 0 Å². The van der Waals surface area contributed by atoms with Gasteiger partial charge in [-0.2, -0.15) is 0 Å². The Bertz CT molecular complexity index is 378. The van der Waals surface area contributed by atoms with Gasteiger partial charge in [0.05, 0.1) is 22.7 Å². The van der Waals surface area contributed by atoms with Gasteiger partial charge in [-0.1, -0.05) is 6.42 Å². The zero-order valence-electron chi connectivity index (χ0n) is 14.1. The molecule has 2 saturated heterocycles. The number of likely N-dealkylation sites (tertiary alicyclic amines) is 1. The van der Waals surface area contributed by atoms with Crippen LogP contribution in [-0.4, -0.2) is 40.5 Å². The van der Waals surface area contributed by atoms with Crippen molar-refractivity contribution in [3.8, 4) is 0 Å². The Morgan fingerprint density at radius 2 is 1.65 bits per heavy atom. The maximum absolute atomic E-state index is 13.1. The summed E-state index contributed by atoms with van der Waals surface area (Å²) in [6.45, 7) is 14.6. The van der Waals surface area contributed by atoms with Gasteiger partial charge in [0.1, 0.15) is 0 Å². The summed E-state index contributed by atoms with van der Waals surface area (Å²) in [7, 11) is 0. The van der Waals surface area contributed by atoms with Crippen LogP contribution in [0.25, 0.3) is 0 Å². The van der Waals surface area contributed by atoms with Crippen LogP contribution in [0.1, 0.15) is 67.2 Å². The van der Waals surface area contributed by atoms with Crippen molar-refractivity contribution in [3.05, 3.63) is 0 Å². The lowest BCUT2D eigenvalue weighted by Crippen LogP contribution is -2.56. The molecule has 1 atom stereocenters. The molecule has 20 heavy (non-hydrogen) atoms. The van der Waals surface area contributed by atoms with Crippen LogP contribution < -0.4 is 0 Å². The van der Waals surface area contributed by atoms with Crippen LogP contribution in [-0.2, 0) is 9.53 Å². The first kappa shape index (κ1) is 16.0. The maximum atomic E-state index is 13.1. The molecule has 0 aromatic rings. The Kier molecular flexibility index (Phi) is 4.07. The quantitative estimate of drug-likeness (QED) is 0.794. The van der Waals surface area contributed by atoms with Crippen LogP contribution in [0.4, 0.5) is 0 Å². The summed E-state index contributed by atoms with van der Waals surface area (Å²) < 4.78 is 6.11. The molecule has 0 amide bonds. The van der Waals surface area contributed by atoms with Gasteiger partial charge in [-0.05, 0) is 73.9 Å². The van der Waals surface area contributed by atoms with Crippen LogP contribution in [0.15, 0.2) is 0 Å². The predicted molar refractivity (Wildman–Crippen MR) is 81.9 cm³/mol. The third kappa shape index (κ3) is 2.94. The lowest BCUT2D eigenvalue weighted by molar-refractivity contribution is -0.140. The van der Waals surface area contributed by atoms with E-state index in [9.17, 15) is 4.79 Å². The number of carbonyl (C=O) groups excluding carboxylic acids is 1. The van der Waals surface area contributed by atoms with Crippen molar-refractivity contribution in [2.24, 2.45) is 5.92 Å². The Hall–Kier alpha value is -0.410. The van der Waals surface area contributed by atoms with E-state index in [2.05, 4.69) is 46.4 Å². The molecule has 116 valence electrons. The lowest BCUT2D eigenvalue weighted by Gasteiger charge is -2.42. The molecule has 2 fully saturated rings. The fourth-order valence-corrected chi connectivity index (χ4v) is 4.01. The molecule has 0 bridgehead atoms. The van der Waals surface area contributed by atoms with E-state index >= 15 is 0 Å². The van der Waals surface area contributed by atoms with Gasteiger partial charge in [0.25, 0.3) is 0 Å². The van der Waals surface area contributed by atoms with E-state index in [0.717, 1.165) is 19.5 Å². The second-order valence-corrected chi connectivity index (χ2v) is 8.19. The topological polar surface area (TPSA) is 29.5 Å². The number of hydrogen-bond acceptors (Lipinski definition) is 3. The third-order valence-corrected chi connectivity index (χ3v) is 5.14.